The lowest BCUT2D eigenvalue weighted by atomic mass is 10.2. The van der Waals surface area contributed by atoms with Crippen molar-refractivity contribution in [2.45, 2.75) is 6.42 Å². The Hall–Kier alpha value is -1.24. The Kier molecular flexibility index (Phi) is 4.24. The van der Waals surface area contributed by atoms with Crippen LogP contribution in [0.25, 0.3) is 0 Å². The van der Waals surface area contributed by atoms with Crippen LogP contribution in [-0.2, 0) is 0 Å². The van der Waals surface area contributed by atoms with E-state index >= 15 is 0 Å². The minimum Gasteiger partial charge on any atom is -0.492 e. The predicted octanol–water partition coefficient (Wildman–Crippen LogP) is 1.97. The molecule has 0 aliphatic carbocycles. The van der Waals surface area contributed by atoms with E-state index in [1.165, 1.54) is 0 Å². The van der Waals surface area contributed by atoms with E-state index in [1.807, 2.05) is 6.07 Å². The third kappa shape index (κ3) is 2.91. The second-order valence-corrected chi connectivity index (χ2v) is 3.09. The average Bonchev–Trinajstić information content (AvgIpc) is 2.21. The predicted molar refractivity (Wildman–Crippen MR) is 53.4 cm³/mol. The number of ether oxygens (including phenoxy) is 1. The highest BCUT2D eigenvalue weighted by Gasteiger charge is 2.02. The Bertz CT molecular complexity index is 346. The van der Waals surface area contributed by atoms with Crippen LogP contribution in [0, 0.1) is 11.3 Å². The largest absolute Gasteiger partial charge is 0.492 e. The van der Waals surface area contributed by atoms with Gasteiger partial charge in [0.05, 0.1) is 23.3 Å². The Morgan fingerprint density at radius 1 is 1.50 bits per heavy atom. The molecule has 0 bridgehead atoms. The lowest BCUT2D eigenvalue weighted by molar-refractivity contribution is 0.233. The van der Waals surface area contributed by atoms with Gasteiger partial charge < -0.3 is 9.84 Å². The van der Waals surface area contributed by atoms with Crippen LogP contribution >= 0.6 is 11.6 Å². The molecule has 1 aromatic carbocycles. The molecule has 0 aliphatic heterocycles. The monoisotopic (exact) mass is 211 g/mol. The van der Waals surface area contributed by atoms with Crippen molar-refractivity contribution in [3.05, 3.63) is 28.8 Å². The van der Waals surface area contributed by atoms with E-state index in [0.29, 0.717) is 29.4 Å². The van der Waals surface area contributed by atoms with Crippen molar-refractivity contribution in [3.8, 4) is 11.8 Å². The Morgan fingerprint density at radius 3 is 2.93 bits per heavy atom. The number of halogens is 1. The van der Waals surface area contributed by atoms with Crippen molar-refractivity contribution in [1.29, 1.82) is 5.26 Å². The highest BCUT2D eigenvalue weighted by Crippen LogP contribution is 2.25. The maximum Gasteiger partial charge on any atom is 0.139 e. The van der Waals surface area contributed by atoms with Gasteiger partial charge in [-0.2, -0.15) is 5.26 Å². The fourth-order valence-electron chi connectivity index (χ4n) is 0.930. The van der Waals surface area contributed by atoms with Crippen molar-refractivity contribution < 1.29 is 9.84 Å². The van der Waals surface area contributed by atoms with Crippen molar-refractivity contribution >= 4 is 11.6 Å². The van der Waals surface area contributed by atoms with E-state index in [9.17, 15) is 0 Å². The summed E-state index contributed by atoms with van der Waals surface area (Å²) < 4.78 is 5.28. The van der Waals surface area contributed by atoms with Crippen LogP contribution in [0.1, 0.15) is 12.0 Å². The first-order valence-electron chi connectivity index (χ1n) is 4.21. The quantitative estimate of drug-likeness (QED) is 0.775. The zero-order chi connectivity index (χ0) is 10.4. The fraction of sp³-hybridized carbons (Fsp3) is 0.300. The van der Waals surface area contributed by atoms with Gasteiger partial charge in [0.2, 0.25) is 0 Å². The molecule has 1 aromatic rings. The Balaban J connectivity index is 2.70. The zero-order valence-corrected chi connectivity index (χ0v) is 8.29. The number of aliphatic hydroxyl groups is 1. The highest BCUT2D eigenvalue weighted by molar-refractivity contribution is 6.32. The van der Waals surface area contributed by atoms with E-state index in [1.54, 1.807) is 18.2 Å². The van der Waals surface area contributed by atoms with Crippen LogP contribution < -0.4 is 4.74 Å². The number of nitriles is 1. The summed E-state index contributed by atoms with van der Waals surface area (Å²) in [6.45, 7) is 0.473. The first kappa shape index (κ1) is 10.8. The summed E-state index contributed by atoms with van der Waals surface area (Å²) in [6.07, 6.45) is 0.549. The summed E-state index contributed by atoms with van der Waals surface area (Å²) in [5, 5.41) is 17.7. The topological polar surface area (TPSA) is 53.2 Å². The molecular formula is C10H10ClNO2. The third-order valence-corrected chi connectivity index (χ3v) is 1.93. The lowest BCUT2D eigenvalue weighted by Gasteiger charge is -2.06. The van der Waals surface area contributed by atoms with Gasteiger partial charge in [-0.25, -0.2) is 0 Å². The summed E-state index contributed by atoms with van der Waals surface area (Å²) in [4.78, 5) is 0. The Labute approximate surface area is 87.5 Å². The van der Waals surface area contributed by atoms with Crippen LogP contribution in [0.15, 0.2) is 18.2 Å². The third-order valence-electron chi connectivity index (χ3n) is 1.62. The fourth-order valence-corrected chi connectivity index (χ4v) is 1.10. The average molecular weight is 212 g/mol. The van der Waals surface area contributed by atoms with E-state index in [0.717, 1.165) is 0 Å². The van der Waals surface area contributed by atoms with Gasteiger partial charge in [0, 0.05) is 13.0 Å². The molecule has 0 heterocycles. The Morgan fingerprint density at radius 2 is 2.29 bits per heavy atom. The van der Waals surface area contributed by atoms with Crippen LogP contribution in [0.3, 0.4) is 0 Å². The zero-order valence-electron chi connectivity index (χ0n) is 7.53. The molecule has 0 amide bonds. The van der Waals surface area contributed by atoms with E-state index < -0.39 is 0 Å². The molecule has 0 unspecified atom stereocenters. The first-order chi connectivity index (χ1) is 6.77. The standard InChI is InChI=1S/C10H10ClNO2/c11-9-3-2-8(7-12)6-10(9)14-5-1-4-13/h2-3,6,13H,1,4-5H2. The number of hydrogen-bond acceptors (Lipinski definition) is 3. The van der Waals surface area contributed by atoms with Gasteiger partial charge in [0.25, 0.3) is 0 Å². The molecule has 74 valence electrons. The minimum absolute atomic E-state index is 0.0789. The van der Waals surface area contributed by atoms with Crippen LogP contribution in [-0.4, -0.2) is 18.3 Å². The van der Waals surface area contributed by atoms with Gasteiger partial charge in [-0.15, -0.1) is 0 Å². The van der Waals surface area contributed by atoms with Gasteiger partial charge in [0.1, 0.15) is 5.75 Å². The van der Waals surface area contributed by atoms with Gasteiger partial charge in [-0.05, 0) is 18.2 Å². The normalized spacial score (nSPS) is 9.50. The summed E-state index contributed by atoms with van der Waals surface area (Å²) in [5.41, 5.74) is 0.508. The number of aliphatic hydroxyl groups excluding tert-OH is 1. The van der Waals surface area contributed by atoms with Crippen molar-refractivity contribution in [2.75, 3.05) is 13.2 Å². The molecule has 0 radical (unpaired) electrons. The van der Waals surface area contributed by atoms with E-state index in [2.05, 4.69) is 0 Å². The molecule has 14 heavy (non-hydrogen) atoms. The molecule has 0 saturated carbocycles. The lowest BCUT2D eigenvalue weighted by Crippen LogP contribution is -2.00. The SMILES string of the molecule is N#Cc1ccc(Cl)c(OCCCO)c1. The number of benzene rings is 1. The molecule has 1 N–H and O–H groups in total. The molecule has 0 aromatic heterocycles. The number of nitrogens with zero attached hydrogens (tertiary/aromatic N) is 1. The smallest absolute Gasteiger partial charge is 0.139 e. The van der Waals surface area contributed by atoms with Crippen LogP contribution in [0.2, 0.25) is 5.02 Å². The molecule has 0 atom stereocenters. The molecule has 0 spiro atoms. The molecule has 0 aliphatic rings. The number of hydrogen-bond donors (Lipinski definition) is 1. The maximum absolute atomic E-state index is 8.64. The van der Waals surface area contributed by atoms with E-state index in [4.69, 9.17) is 26.7 Å². The van der Waals surface area contributed by atoms with Crippen molar-refractivity contribution in [3.63, 3.8) is 0 Å². The van der Waals surface area contributed by atoms with Gasteiger partial charge in [-0.3, -0.25) is 0 Å². The summed E-state index contributed by atoms with van der Waals surface area (Å²) in [5.74, 6) is 0.485. The van der Waals surface area contributed by atoms with Crippen LogP contribution in [0.4, 0.5) is 0 Å². The maximum atomic E-state index is 8.64. The van der Waals surface area contributed by atoms with Crippen molar-refractivity contribution in [1.82, 2.24) is 0 Å². The summed E-state index contributed by atoms with van der Waals surface area (Å²) in [6, 6.07) is 6.83. The first-order valence-corrected chi connectivity index (χ1v) is 4.59. The van der Waals surface area contributed by atoms with Gasteiger partial charge >= 0.3 is 0 Å². The molecule has 0 fully saturated rings. The summed E-state index contributed by atoms with van der Waals surface area (Å²) in [7, 11) is 0. The minimum atomic E-state index is 0.0789. The molecule has 1 rings (SSSR count). The van der Waals surface area contributed by atoms with Gasteiger partial charge in [0.15, 0.2) is 0 Å². The van der Waals surface area contributed by atoms with Crippen molar-refractivity contribution in [2.24, 2.45) is 0 Å². The molecule has 0 saturated heterocycles. The second kappa shape index (κ2) is 5.48. The highest BCUT2D eigenvalue weighted by atomic mass is 35.5. The molecular weight excluding hydrogens is 202 g/mol. The van der Waals surface area contributed by atoms with Crippen LogP contribution in [0.5, 0.6) is 5.75 Å². The molecule has 4 heteroatoms. The van der Waals surface area contributed by atoms with Gasteiger partial charge in [-0.1, -0.05) is 11.6 Å². The molecule has 3 nitrogen and oxygen atoms in total. The summed E-state index contributed by atoms with van der Waals surface area (Å²) >= 11 is 5.84. The number of rotatable bonds is 4. The second-order valence-electron chi connectivity index (χ2n) is 2.68. The van der Waals surface area contributed by atoms with E-state index in [-0.39, 0.29) is 6.61 Å².